The van der Waals surface area contributed by atoms with Gasteiger partial charge in [0.2, 0.25) is 15.9 Å². The molecule has 0 aromatic heterocycles. The van der Waals surface area contributed by atoms with Gasteiger partial charge < -0.3 is 0 Å². The maximum atomic E-state index is 12.7. The van der Waals surface area contributed by atoms with Crippen LogP contribution in [0.5, 0.6) is 0 Å². The Morgan fingerprint density at radius 3 is 2.42 bits per heavy atom. The van der Waals surface area contributed by atoms with Gasteiger partial charge in [0.25, 0.3) is 0 Å². The molecule has 1 unspecified atom stereocenters. The lowest BCUT2D eigenvalue weighted by molar-refractivity contribution is -0.118. The van der Waals surface area contributed by atoms with Crippen molar-refractivity contribution in [2.75, 3.05) is 5.75 Å². The summed E-state index contributed by atoms with van der Waals surface area (Å²) in [5.41, 5.74) is 0.567. The zero-order valence-corrected chi connectivity index (χ0v) is 11.8. The first-order valence-electron chi connectivity index (χ1n) is 6.10. The monoisotopic (exact) mass is 287 g/mol. The number of nitrogens with one attached hydrogen (secondary N) is 1. The molecule has 0 aliphatic carbocycles. The number of sulfonamides is 1. The van der Waals surface area contributed by atoms with Gasteiger partial charge in [-0.15, -0.1) is 0 Å². The first-order chi connectivity index (χ1) is 8.82. The molecule has 106 valence electrons. The Hall–Kier alpha value is -1.43. The predicted octanol–water partition coefficient (Wildman–Crippen LogP) is 1.86. The van der Waals surface area contributed by atoms with Crippen LogP contribution in [0.15, 0.2) is 24.3 Å². The number of rotatable bonds is 6. The van der Waals surface area contributed by atoms with Crippen LogP contribution in [0.3, 0.4) is 0 Å². The summed E-state index contributed by atoms with van der Waals surface area (Å²) in [4.78, 5) is 11.6. The molecule has 1 aromatic carbocycles. The molecule has 0 bridgehead atoms. The van der Waals surface area contributed by atoms with E-state index in [1.165, 1.54) is 24.3 Å². The molecule has 19 heavy (non-hydrogen) atoms. The van der Waals surface area contributed by atoms with Gasteiger partial charge >= 0.3 is 0 Å². The highest BCUT2D eigenvalue weighted by atomic mass is 32.2. The first-order valence-corrected chi connectivity index (χ1v) is 7.75. The quantitative estimate of drug-likeness (QED) is 0.868. The molecule has 1 N–H and O–H groups in total. The Labute approximate surface area is 113 Å². The Balaban J connectivity index is 2.57. The summed E-state index contributed by atoms with van der Waals surface area (Å²) in [6, 6.07) is 5.37. The van der Waals surface area contributed by atoms with Crippen LogP contribution in [0.4, 0.5) is 4.39 Å². The summed E-state index contributed by atoms with van der Waals surface area (Å²) in [5, 5.41) is 0. The third-order valence-electron chi connectivity index (χ3n) is 2.75. The van der Waals surface area contributed by atoms with E-state index in [4.69, 9.17) is 0 Å². The van der Waals surface area contributed by atoms with Crippen LogP contribution in [0.2, 0.25) is 0 Å². The van der Waals surface area contributed by atoms with E-state index in [9.17, 15) is 17.6 Å². The number of carbonyl (C=O) groups excluding carboxylic acids is 1. The Morgan fingerprint density at radius 1 is 1.32 bits per heavy atom. The maximum absolute atomic E-state index is 12.7. The van der Waals surface area contributed by atoms with Gasteiger partial charge in [-0.2, -0.15) is 0 Å². The molecule has 6 heteroatoms. The van der Waals surface area contributed by atoms with E-state index in [-0.39, 0.29) is 18.1 Å². The second-order valence-corrected chi connectivity index (χ2v) is 6.39. The standard InChI is InChI=1S/C13H18FNO3S/c1-3-10(2)9-19(17,18)15-13(16)8-11-4-6-12(14)7-5-11/h4-7,10H,3,8-9H2,1-2H3,(H,15,16). The summed E-state index contributed by atoms with van der Waals surface area (Å²) >= 11 is 0. The van der Waals surface area contributed by atoms with E-state index in [1.807, 2.05) is 18.6 Å². The van der Waals surface area contributed by atoms with Gasteiger partial charge in [-0.1, -0.05) is 32.4 Å². The molecule has 0 fully saturated rings. The summed E-state index contributed by atoms with van der Waals surface area (Å²) in [7, 11) is -3.59. The van der Waals surface area contributed by atoms with Gasteiger partial charge in [-0.3, -0.25) is 9.52 Å². The molecule has 1 rings (SSSR count). The molecule has 0 saturated heterocycles. The average molecular weight is 287 g/mol. The number of benzene rings is 1. The second-order valence-electron chi connectivity index (χ2n) is 4.62. The van der Waals surface area contributed by atoms with Crippen LogP contribution in [0.25, 0.3) is 0 Å². The lowest BCUT2D eigenvalue weighted by atomic mass is 10.1. The van der Waals surface area contributed by atoms with Crippen LogP contribution in [0, 0.1) is 11.7 Å². The highest BCUT2D eigenvalue weighted by Gasteiger charge is 2.17. The van der Waals surface area contributed by atoms with Gasteiger partial charge in [-0.25, -0.2) is 12.8 Å². The summed E-state index contributed by atoms with van der Waals surface area (Å²) in [6.45, 7) is 3.70. The lowest BCUT2D eigenvalue weighted by Crippen LogP contribution is -2.35. The average Bonchev–Trinajstić information content (AvgIpc) is 2.30. The summed E-state index contributed by atoms with van der Waals surface area (Å²) in [6.07, 6.45) is 0.646. The molecule has 0 heterocycles. The molecule has 4 nitrogen and oxygen atoms in total. The maximum Gasteiger partial charge on any atom is 0.237 e. The Morgan fingerprint density at radius 2 is 1.89 bits per heavy atom. The highest BCUT2D eigenvalue weighted by molar-refractivity contribution is 7.90. The largest absolute Gasteiger partial charge is 0.274 e. The zero-order chi connectivity index (χ0) is 14.5. The van der Waals surface area contributed by atoms with E-state index in [0.717, 1.165) is 6.42 Å². The predicted molar refractivity (Wildman–Crippen MR) is 71.5 cm³/mol. The fraction of sp³-hybridized carbons (Fsp3) is 0.462. The molecular formula is C13H18FNO3S. The van der Waals surface area contributed by atoms with Gasteiger partial charge in [0.15, 0.2) is 0 Å². The van der Waals surface area contributed by atoms with Crippen LogP contribution >= 0.6 is 0 Å². The van der Waals surface area contributed by atoms with Crippen molar-refractivity contribution >= 4 is 15.9 Å². The fourth-order valence-electron chi connectivity index (χ4n) is 1.53. The SMILES string of the molecule is CCC(C)CS(=O)(=O)NC(=O)Cc1ccc(F)cc1. The van der Waals surface area contributed by atoms with E-state index in [0.29, 0.717) is 5.56 Å². The van der Waals surface area contributed by atoms with Crippen molar-refractivity contribution in [3.8, 4) is 0 Å². The first kappa shape index (κ1) is 15.6. The van der Waals surface area contributed by atoms with Crippen molar-refractivity contribution in [2.45, 2.75) is 26.7 Å². The highest BCUT2D eigenvalue weighted by Crippen LogP contribution is 2.06. The minimum absolute atomic E-state index is 0.00359. The van der Waals surface area contributed by atoms with E-state index >= 15 is 0 Å². The minimum atomic E-state index is -3.59. The van der Waals surface area contributed by atoms with Gasteiger partial charge in [-0.05, 0) is 23.6 Å². The molecule has 0 radical (unpaired) electrons. The second kappa shape index (κ2) is 6.65. The Bertz CT molecular complexity index is 525. The summed E-state index contributed by atoms with van der Waals surface area (Å²) in [5.74, 6) is -1.07. The van der Waals surface area contributed by atoms with Crippen molar-refractivity contribution in [1.82, 2.24) is 4.72 Å². The lowest BCUT2D eigenvalue weighted by Gasteiger charge is -2.10. The molecule has 1 atom stereocenters. The van der Waals surface area contributed by atoms with E-state index in [1.54, 1.807) is 0 Å². The van der Waals surface area contributed by atoms with Crippen LogP contribution < -0.4 is 4.72 Å². The normalized spacial score (nSPS) is 13.0. The molecule has 0 aliphatic heterocycles. The van der Waals surface area contributed by atoms with E-state index in [2.05, 4.69) is 0 Å². The minimum Gasteiger partial charge on any atom is -0.274 e. The number of hydrogen-bond donors (Lipinski definition) is 1. The number of amides is 1. The van der Waals surface area contributed by atoms with Crippen LogP contribution in [-0.2, 0) is 21.2 Å². The molecule has 1 amide bonds. The van der Waals surface area contributed by atoms with Gasteiger partial charge in [0.05, 0.1) is 12.2 Å². The molecule has 0 saturated carbocycles. The van der Waals surface area contributed by atoms with Crippen molar-refractivity contribution in [3.05, 3.63) is 35.6 Å². The third-order valence-corrected chi connectivity index (χ3v) is 4.29. The summed E-state index contributed by atoms with van der Waals surface area (Å²) < 4.78 is 38.0. The topological polar surface area (TPSA) is 63.2 Å². The van der Waals surface area contributed by atoms with E-state index < -0.39 is 21.7 Å². The van der Waals surface area contributed by atoms with Crippen LogP contribution in [0.1, 0.15) is 25.8 Å². The zero-order valence-electron chi connectivity index (χ0n) is 11.0. The smallest absolute Gasteiger partial charge is 0.237 e. The molecule has 0 aliphatic rings. The van der Waals surface area contributed by atoms with Crippen LogP contribution in [-0.4, -0.2) is 20.1 Å². The van der Waals surface area contributed by atoms with Crippen molar-refractivity contribution in [3.63, 3.8) is 0 Å². The molecule has 1 aromatic rings. The van der Waals surface area contributed by atoms with Crippen molar-refractivity contribution in [2.24, 2.45) is 5.92 Å². The number of carbonyl (C=O) groups is 1. The Kier molecular flexibility index (Phi) is 5.47. The molecule has 0 spiro atoms. The molecular weight excluding hydrogens is 269 g/mol. The van der Waals surface area contributed by atoms with Gasteiger partial charge in [0.1, 0.15) is 5.82 Å². The van der Waals surface area contributed by atoms with Crippen molar-refractivity contribution in [1.29, 1.82) is 0 Å². The van der Waals surface area contributed by atoms with Gasteiger partial charge in [0, 0.05) is 0 Å². The van der Waals surface area contributed by atoms with Crippen molar-refractivity contribution < 1.29 is 17.6 Å². The fourth-order valence-corrected chi connectivity index (χ4v) is 3.02. The third kappa shape index (κ3) is 5.83. The number of halogens is 1. The number of hydrogen-bond acceptors (Lipinski definition) is 3.